The second-order valence-corrected chi connectivity index (χ2v) is 7.65. The highest BCUT2D eigenvalue weighted by Crippen LogP contribution is 2.18. The third kappa shape index (κ3) is 5.89. The molecule has 0 aromatic heterocycles. The van der Waals surface area contributed by atoms with E-state index >= 15 is 0 Å². The van der Waals surface area contributed by atoms with Crippen LogP contribution in [0.5, 0.6) is 0 Å². The van der Waals surface area contributed by atoms with Crippen LogP contribution in [0.1, 0.15) is 19.4 Å². The fourth-order valence-corrected chi connectivity index (χ4v) is 3.61. The Morgan fingerprint density at radius 1 is 1.17 bits per heavy atom. The van der Waals surface area contributed by atoms with Crippen LogP contribution >= 0.6 is 11.8 Å². The van der Waals surface area contributed by atoms with E-state index in [1.165, 1.54) is 5.56 Å². The summed E-state index contributed by atoms with van der Waals surface area (Å²) in [5, 5.41) is 3.27. The van der Waals surface area contributed by atoms with Crippen molar-refractivity contribution in [2.24, 2.45) is 0 Å². The third-order valence-electron chi connectivity index (χ3n) is 2.61. The fraction of sp³-hybridized carbons (Fsp3) is 0.538. The van der Waals surface area contributed by atoms with E-state index in [-0.39, 0.29) is 11.5 Å². The molecule has 1 rings (SSSR count). The first-order valence-corrected chi connectivity index (χ1v) is 9.01. The lowest BCUT2D eigenvalue weighted by molar-refractivity contribution is 0.599. The highest BCUT2D eigenvalue weighted by Gasteiger charge is 2.06. The summed E-state index contributed by atoms with van der Waals surface area (Å²) in [4.78, 5) is 1.13. The van der Waals surface area contributed by atoms with E-state index in [1.807, 2.05) is 0 Å². The predicted octanol–water partition coefficient (Wildman–Crippen LogP) is 2.32. The van der Waals surface area contributed by atoms with Gasteiger partial charge >= 0.3 is 0 Å². The van der Waals surface area contributed by atoms with E-state index in [9.17, 15) is 8.42 Å². The van der Waals surface area contributed by atoms with Gasteiger partial charge < -0.3 is 5.32 Å². The summed E-state index contributed by atoms with van der Waals surface area (Å²) < 4.78 is 22.7. The minimum atomic E-state index is -2.84. The Labute approximate surface area is 114 Å². The molecule has 0 atom stereocenters. The van der Waals surface area contributed by atoms with Gasteiger partial charge in [0.2, 0.25) is 0 Å². The molecular weight excluding hydrogens is 266 g/mol. The Morgan fingerprint density at radius 3 is 2.39 bits per heavy atom. The minimum Gasteiger partial charge on any atom is -0.313 e. The van der Waals surface area contributed by atoms with Gasteiger partial charge in [-0.05, 0) is 24.2 Å². The molecule has 0 bridgehead atoms. The van der Waals surface area contributed by atoms with Crippen molar-refractivity contribution in [2.75, 3.05) is 23.8 Å². The Hall–Kier alpha value is -0.520. The van der Waals surface area contributed by atoms with E-state index in [4.69, 9.17) is 0 Å². The normalized spacial score (nSPS) is 11.7. The van der Waals surface area contributed by atoms with Crippen LogP contribution in [0, 0.1) is 0 Å². The second-order valence-electron chi connectivity index (χ2n) is 4.01. The van der Waals surface area contributed by atoms with Crippen molar-refractivity contribution < 1.29 is 8.42 Å². The first kappa shape index (κ1) is 15.5. The van der Waals surface area contributed by atoms with Gasteiger partial charge in [0.1, 0.15) is 0 Å². The molecule has 0 saturated carbocycles. The molecule has 0 aliphatic rings. The molecule has 0 aliphatic carbocycles. The van der Waals surface area contributed by atoms with Gasteiger partial charge in [0.05, 0.1) is 5.75 Å². The number of hydrogen-bond acceptors (Lipinski definition) is 4. The summed E-state index contributed by atoms with van der Waals surface area (Å²) in [6.07, 6.45) is 0. The summed E-state index contributed by atoms with van der Waals surface area (Å²) in [7, 11) is -2.84. The highest BCUT2D eigenvalue weighted by molar-refractivity contribution is 8.00. The Kier molecular flexibility index (Phi) is 6.75. The van der Waals surface area contributed by atoms with Crippen LogP contribution in [0.3, 0.4) is 0 Å². The molecule has 5 heteroatoms. The quantitative estimate of drug-likeness (QED) is 0.745. The molecule has 3 nitrogen and oxygen atoms in total. The van der Waals surface area contributed by atoms with Gasteiger partial charge in [-0.2, -0.15) is 0 Å². The summed E-state index contributed by atoms with van der Waals surface area (Å²) in [5.74, 6) is 1.12. The number of sulfone groups is 1. The van der Waals surface area contributed by atoms with E-state index in [0.29, 0.717) is 5.75 Å². The fourth-order valence-electron chi connectivity index (χ4n) is 1.40. The molecule has 0 fully saturated rings. The number of benzene rings is 1. The lowest BCUT2D eigenvalue weighted by Crippen LogP contribution is -2.11. The smallest absolute Gasteiger partial charge is 0.150 e. The largest absolute Gasteiger partial charge is 0.313 e. The van der Waals surface area contributed by atoms with Crippen LogP contribution in [0.25, 0.3) is 0 Å². The molecule has 0 saturated heterocycles. The SMILES string of the molecule is CCNCc1ccc(SCCS(=O)(=O)CC)cc1. The Morgan fingerprint density at radius 2 is 1.83 bits per heavy atom. The van der Waals surface area contributed by atoms with Gasteiger partial charge in [0.25, 0.3) is 0 Å². The van der Waals surface area contributed by atoms with Crippen LogP contribution in [0.15, 0.2) is 29.2 Å². The van der Waals surface area contributed by atoms with Crippen molar-refractivity contribution in [3.63, 3.8) is 0 Å². The van der Waals surface area contributed by atoms with Gasteiger partial charge in [-0.1, -0.05) is 26.0 Å². The van der Waals surface area contributed by atoms with Gasteiger partial charge in [-0.3, -0.25) is 0 Å². The molecule has 18 heavy (non-hydrogen) atoms. The summed E-state index contributed by atoms with van der Waals surface area (Å²) >= 11 is 1.60. The topological polar surface area (TPSA) is 46.2 Å². The molecule has 0 spiro atoms. The molecule has 102 valence electrons. The monoisotopic (exact) mass is 287 g/mol. The third-order valence-corrected chi connectivity index (χ3v) is 5.58. The predicted molar refractivity (Wildman–Crippen MR) is 78.9 cm³/mol. The zero-order chi connectivity index (χ0) is 13.4. The molecular formula is C13H21NO2S2. The van der Waals surface area contributed by atoms with Crippen molar-refractivity contribution >= 4 is 21.6 Å². The van der Waals surface area contributed by atoms with Crippen molar-refractivity contribution in [3.05, 3.63) is 29.8 Å². The molecule has 0 amide bonds. The summed E-state index contributed by atoms with van der Waals surface area (Å²) in [6, 6.07) is 8.27. The maximum absolute atomic E-state index is 11.3. The van der Waals surface area contributed by atoms with Crippen LogP contribution in [-0.2, 0) is 16.4 Å². The van der Waals surface area contributed by atoms with Crippen LogP contribution in [0.4, 0.5) is 0 Å². The van der Waals surface area contributed by atoms with Gasteiger partial charge in [-0.15, -0.1) is 11.8 Å². The second kappa shape index (κ2) is 7.81. The minimum absolute atomic E-state index is 0.231. The van der Waals surface area contributed by atoms with E-state index < -0.39 is 9.84 Å². The maximum atomic E-state index is 11.3. The number of hydrogen-bond donors (Lipinski definition) is 1. The van der Waals surface area contributed by atoms with Crippen molar-refractivity contribution in [1.29, 1.82) is 0 Å². The first-order chi connectivity index (χ1) is 8.57. The average Bonchev–Trinajstić information content (AvgIpc) is 2.38. The lowest BCUT2D eigenvalue weighted by atomic mass is 10.2. The van der Waals surface area contributed by atoms with Gasteiger partial charge in [0.15, 0.2) is 9.84 Å². The van der Waals surface area contributed by atoms with Gasteiger partial charge in [-0.25, -0.2) is 8.42 Å². The van der Waals surface area contributed by atoms with E-state index in [0.717, 1.165) is 18.0 Å². The number of rotatable bonds is 8. The van der Waals surface area contributed by atoms with Crippen molar-refractivity contribution in [3.8, 4) is 0 Å². The molecule has 0 unspecified atom stereocenters. The number of thioether (sulfide) groups is 1. The molecule has 1 N–H and O–H groups in total. The zero-order valence-corrected chi connectivity index (χ0v) is 12.6. The molecule has 1 aromatic carbocycles. The molecule has 0 heterocycles. The zero-order valence-electron chi connectivity index (χ0n) is 11.0. The van der Waals surface area contributed by atoms with Crippen molar-refractivity contribution in [2.45, 2.75) is 25.3 Å². The van der Waals surface area contributed by atoms with E-state index in [1.54, 1.807) is 18.7 Å². The number of nitrogens with one attached hydrogen (secondary N) is 1. The van der Waals surface area contributed by atoms with Gasteiger partial charge in [0, 0.05) is 22.9 Å². The molecule has 0 radical (unpaired) electrons. The molecule has 0 aliphatic heterocycles. The average molecular weight is 287 g/mol. The van der Waals surface area contributed by atoms with E-state index in [2.05, 4.69) is 36.5 Å². The van der Waals surface area contributed by atoms with Crippen LogP contribution in [-0.4, -0.2) is 32.2 Å². The first-order valence-electron chi connectivity index (χ1n) is 6.20. The summed E-state index contributed by atoms with van der Waals surface area (Å²) in [5.41, 5.74) is 1.25. The van der Waals surface area contributed by atoms with Crippen LogP contribution < -0.4 is 5.32 Å². The summed E-state index contributed by atoms with van der Waals surface area (Å²) in [6.45, 7) is 5.62. The Balaban J connectivity index is 2.39. The highest BCUT2D eigenvalue weighted by atomic mass is 32.2. The Bertz CT molecular complexity index is 441. The maximum Gasteiger partial charge on any atom is 0.150 e. The van der Waals surface area contributed by atoms with Crippen molar-refractivity contribution in [1.82, 2.24) is 5.32 Å². The van der Waals surface area contributed by atoms with Crippen LogP contribution in [0.2, 0.25) is 0 Å². The standard InChI is InChI=1S/C13H21NO2S2/c1-3-14-11-12-5-7-13(8-6-12)17-9-10-18(15,16)4-2/h5-8,14H,3-4,9-11H2,1-2H3. The molecule has 1 aromatic rings. The lowest BCUT2D eigenvalue weighted by Gasteiger charge is -2.05.